The summed E-state index contributed by atoms with van der Waals surface area (Å²) in [5, 5.41) is 0. The zero-order valence-corrected chi connectivity index (χ0v) is 11.3. The minimum atomic E-state index is -0.269. The van der Waals surface area contributed by atoms with Gasteiger partial charge in [-0.1, -0.05) is 18.2 Å². The maximum Gasteiger partial charge on any atom is 0.311 e. The lowest BCUT2D eigenvalue weighted by atomic mass is 9.79. The van der Waals surface area contributed by atoms with Crippen LogP contribution in [0.3, 0.4) is 0 Å². The van der Waals surface area contributed by atoms with Gasteiger partial charge >= 0.3 is 5.97 Å². The summed E-state index contributed by atoms with van der Waals surface area (Å²) < 4.78 is 10.6. The standard InChI is InChI=1S/C16H16O4/c1-19-13-7-3-2-5-10(13)11-9-15(18)20-14-8-4-6-12(17)16(11)14/h2-3,5,7,11H,4,6,8-9H2,1H3. The van der Waals surface area contributed by atoms with Gasteiger partial charge in [-0.25, -0.2) is 0 Å². The third-order valence-corrected chi connectivity index (χ3v) is 3.88. The zero-order valence-electron chi connectivity index (χ0n) is 11.3. The Hall–Kier alpha value is -2.10. The third-order valence-electron chi connectivity index (χ3n) is 3.88. The Morgan fingerprint density at radius 2 is 2.00 bits per heavy atom. The van der Waals surface area contributed by atoms with Crippen molar-refractivity contribution in [1.29, 1.82) is 0 Å². The van der Waals surface area contributed by atoms with Crippen LogP contribution in [-0.2, 0) is 14.3 Å². The highest BCUT2D eigenvalue weighted by Crippen LogP contribution is 2.42. The number of carbonyl (C=O) groups excluding carboxylic acids is 2. The van der Waals surface area contributed by atoms with Crippen molar-refractivity contribution in [3.8, 4) is 5.75 Å². The molecule has 0 spiro atoms. The molecule has 0 N–H and O–H groups in total. The Labute approximate surface area is 117 Å². The minimum Gasteiger partial charge on any atom is -0.496 e. The number of para-hydroxylation sites is 1. The quantitative estimate of drug-likeness (QED) is 0.777. The van der Waals surface area contributed by atoms with Crippen molar-refractivity contribution in [2.24, 2.45) is 0 Å². The molecule has 0 amide bonds. The molecule has 104 valence electrons. The van der Waals surface area contributed by atoms with Crippen LogP contribution in [0.25, 0.3) is 0 Å². The second-order valence-corrected chi connectivity index (χ2v) is 5.09. The molecule has 1 aromatic carbocycles. The van der Waals surface area contributed by atoms with E-state index in [4.69, 9.17) is 9.47 Å². The summed E-state index contributed by atoms with van der Waals surface area (Å²) in [6.07, 6.45) is 2.15. The van der Waals surface area contributed by atoms with Gasteiger partial charge in [-0.15, -0.1) is 0 Å². The average Bonchev–Trinajstić information content (AvgIpc) is 2.46. The first kappa shape index (κ1) is 12.9. The number of esters is 1. The lowest BCUT2D eigenvalue weighted by Gasteiger charge is -2.30. The first-order valence-corrected chi connectivity index (χ1v) is 6.80. The van der Waals surface area contributed by atoms with Gasteiger partial charge in [-0.05, 0) is 12.5 Å². The number of benzene rings is 1. The van der Waals surface area contributed by atoms with E-state index in [1.807, 2.05) is 24.3 Å². The molecule has 0 bridgehead atoms. The fourth-order valence-electron chi connectivity index (χ4n) is 3.00. The molecule has 0 fully saturated rings. The van der Waals surface area contributed by atoms with Gasteiger partial charge in [0.25, 0.3) is 0 Å². The van der Waals surface area contributed by atoms with Gasteiger partial charge in [0.05, 0.1) is 13.5 Å². The van der Waals surface area contributed by atoms with Crippen LogP contribution in [0.4, 0.5) is 0 Å². The molecule has 0 saturated heterocycles. The molecule has 1 aliphatic heterocycles. The molecule has 2 aliphatic rings. The predicted molar refractivity (Wildman–Crippen MR) is 72.3 cm³/mol. The number of ether oxygens (including phenoxy) is 2. The van der Waals surface area contributed by atoms with Crippen molar-refractivity contribution >= 4 is 11.8 Å². The Morgan fingerprint density at radius 1 is 1.20 bits per heavy atom. The molecule has 1 atom stereocenters. The molecule has 0 saturated carbocycles. The van der Waals surface area contributed by atoms with Crippen LogP contribution in [-0.4, -0.2) is 18.9 Å². The fourth-order valence-corrected chi connectivity index (χ4v) is 3.00. The van der Waals surface area contributed by atoms with Crippen molar-refractivity contribution < 1.29 is 19.1 Å². The van der Waals surface area contributed by atoms with Gasteiger partial charge in [0.2, 0.25) is 0 Å². The maximum atomic E-state index is 12.2. The highest BCUT2D eigenvalue weighted by Gasteiger charge is 2.37. The van der Waals surface area contributed by atoms with E-state index in [0.717, 1.165) is 12.0 Å². The molecule has 1 unspecified atom stereocenters. The maximum absolute atomic E-state index is 12.2. The van der Waals surface area contributed by atoms with E-state index in [-0.39, 0.29) is 24.1 Å². The molecule has 1 heterocycles. The molecule has 0 aromatic heterocycles. The Balaban J connectivity index is 2.11. The number of carbonyl (C=O) groups is 2. The molecular weight excluding hydrogens is 256 g/mol. The van der Waals surface area contributed by atoms with E-state index in [0.29, 0.717) is 29.9 Å². The fraction of sp³-hybridized carbons (Fsp3) is 0.375. The number of hydrogen-bond acceptors (Lipinski definition) is 4. The summed E-state index contributed by atoms with van der Waals surface area (Å²) in [5.74, 6) is 0.852. The second kappa shape index (κ2) is 5.12. The average molecular weight is 272 g/mol. The molecule has 3 rings (SSSR count). The topological polar surface area (TPSA) is 52.6 Å². The van der Waals surface area contributed by atoms with Gasteiger partial charge in [0.1, 0.15) is 11.5 Å². The van der Waals surface area contributed by atoms with E-state index in [1.54, 1.807) is 7.11 Å². The molecule has 1 aromatic rings. The van der Waals surface area contributed by atoms with E-state index >= 15 is 0 Å². The van der Waals surface area contributed by atoms with E-state index < -0.39 is 0 Å². The van der Waals surface area contributed by atoms with Crippen molar-refractivity contribution in [2.75, 3.05) is 7.11 Å². The third kappa shape index (κ3) is 2.11. The summed E-state index contributed by atoms with van der Waals surface area (Å²) in [5.41, 5.74) is 1.55. The highest BCUT2D eigenvalue weighted by molar-refractivity contribution is 6.00. The van der Waals surface area contributed by atoms with Gasteiger partial charge in [-0.2, -0.15) is 0 Å². The van der Waals surface area contributed by atoms with Gasteiger partial charge in [-0.3, -0.25) is 9.59 Å². The number of hydrogen-bond donors (Lipinski definition) is 0. The first-order valence-electron chi connectivity index (χ1n) is 6.80. The van der Waals surface area contributed by atoms with Crippen molar-refractivity contribution in [1.82, 2.24) is 0 Å². The van der Waals surface area contributed by atoms with Crippen molar-refractivity contribution in [2.45, 2.75) is 31.6 Å². The Morgan fingerprint density at radius 3 is 2.80 bits per heavy atom. The molecule has 20 heavy (non-hydrogen) atoms. The summed E-state index contributed by atoms with van der Waals surface area (Å²) in [4.78, 5) is 24.0. The number of allylic oxidation sites excluding steroid dienone is 2. The molecule has 4 nitrogen and oxygen atoms in total. The van der Waals surface area contributed by atoms with Crippen LogP contribution in [0.15, 0.2) is 35.6 Å². The van der Waals surface area contributed by atoms with Crippen LogP contribution in [0, 0.1) is 0 Å². The zero-order chi connectivity index (χ0) is 14.1. The molecule has 0 radical (unpaired) electrons. The lowest BCUT2D eigenvalue weighted by Crippen LogP contribution is -2.27. The van der Waals surface area contributed by atoms with Gasteiger partial charge in [0, 0.05) is 29.9 Å². The summed E-state index contributed by atoms with van der Waals surface area (Å²) in [6, 6.07) is 7.53. The number of Topliss-reactive ketones (excluding diaryl/α,β-unsaturated/α-hetero) is 1. The summed E-state index contributed by atoms with van der Waals surface area (Å²) >= 11 is 0. The smallest absolute Gasteiger partial charge is 0.311 e. The largest absolute Gasteiger partial charge is 0.496 e. The Bertz CT molecular complexity index is 600. The normalized spacial score (nSPS) is 22.4. The number of rotatable bonds is 2. The van der Waals surface area contributed by atoms with Gasteiger partial charge in [0.15, 0.2) is 5.78 Å². The van der Waals surface area contributed by atoms with E-state index in [1.165, 1.54) is 0 Å². The van der Waals surface area contributed by atoms with E-state index in [2.05, 4.69) is 0 Å². The summed E-state index contributed by atoms with van der Waals surface area (Å²) in [6.45, 7) is 0. The van der Waals surface area contributed by atoms with Gasteiger partial charge < -0.3 is 9.47 Å². The SMILES string of the molecule is COc1ccccc1C1CC(=O)OC2=C1C(=O)CCC2. The van der Waals surface area contributed by atoms with Crippen LogP contribution >= 0.6 is 0 Å². The second-order valence-electron chi connectivity index (χ2n) is 5.09. The first-order chi connectivity index (χ1) is 9.70. The summed E-state index contributed by atoms with van der Waals surface area (Å²) in [7, 11) is 1.60. The van der Waals surface area contributed by atoms with Crippen LogP contribution in [0.5, 0.6) is 5.75 Å². The minimum absolute atomic E-state index is 0.0923. The Kier molecular flexibility index (Phi) is 3.30. The van der Waals surface area contributed by atoms with Crippen molar-refractivity contribution in [3.05, 3.63) is 41.2 Å². The number of methoxy groups -OCH3 is 1. The number of ketones is 1. The van der Waals surface area contributed by atoms with Crippen LogP contribution < -0.4 is 4.74 Å². The lowest BCUT2D eigenvalue weighted by molar-refractivity contribution is -0.142. The molecule has 4 heteroatoms. The van der Waals surface area contributed by atoms with E-state index in [9.17, 15) is 9.59 Å². The highest BCUT2D eigenvalue weighted by atomic mass is 16.5. The van der Waals surface area contributed by atoms with Crippen LogP contribution in [0.2, 0.25) is 0 Å². The van der Waals surface area contributed by atoms with Crippen molar-refractivity contribution in [3.63, 3.8) is 0 Å². The molecule has 1 aliphatic carbocycles. The molecular formula is C16H16O4. The van der Waals surface area contributed by atoms with Crippen LogP contribution in [0.1, 0.15) is 37.2 Å². The monoisotopic (exact) mass is 272 g/mol. The predicted octanol–water partition coefficient (Wildman–Crippen LogP) is 2.73.